The Bertz CT molecular complexity index is 426. The number of aliphatic carboxylic acids is 1. The van der Waals surface area contributed by atoms with Crippen LogP contribution in [0, 0.1) is 5.92 Å². The van der Waals surface area contributed by atoms with Gasteiger partial charge in [-0.25, -0.2) is 0 Å². The van der Waals surface area contributed by atoms with Gasteiger partial charge in [0.15, 0.2) is 0 Å². The van der Waals surface area contributed by atoms with Crippen LogP contribution in [0.25, 0.3) is 0 Å². The number of thioether (sulfide) groups is 1. The lowest BCUT2D eigenvalue weighted by molar-refractivity contribution is -0.137. The van der Waals surface area contributed by atoms with E-state index in [1.807, 2.05) is 19.1 Å². The number of carbonyl (C=O) groups is 2. The van der Waals surface area contributed by atoms with Gasteiger partial charge in [-0.2, -0.15) is 0 Å². The summed E-state index contributed by atoms with van der Waals surface area (Å²) in [4.78, 5) is 27.0. The minimum Gasteiger partial charge on any atom is -0.481 e. The molecule has 1 unspecified atom stereocenters. The molecule has 110 valence electrons. The van der Waals surface area contributed by atoms with Crippen LogP contribution in [-0.2, 0) is 9.59 Å². The lowest BCUT2D eigenvalue weighted by Crippen LogP contribution is -2.27. The first-order chi connectivity index (χ1) is 9.58. The highest BCUT2D eigenvalue weighted by atomic mass is 32.2. The molecule has 0 aliphatic heterocycles. The topological polar surface area (TPSA) is 79.3 Å². The number of carboxylic acids is 1. The zero-order valence-electron chi connectivity index (χ0n) is 11.5. The molecule has 0 aliphatic rings. The molecule has 0 spiro atoms. The van der Waals surface area contributed by atoms with Gasteiger partial charge in [-0.1, -0.05) is 6.92 Å². The Morgan fingerprint density at radius 3 is 2.70 bits per heavy atom. The fourth-order valence-electron chi connectivity index (χ4n) is 1.61. The van der Waals surface area contributed by atoms with E-state index in [1.54, 1.807) is 12.4 Å². The van der Waals surface area contributed by atoms with Crippen LogP contribution in [0.1, 0.15) is 26.2 Å². The zero-order valence-corrected chi connectivity index (χ0v) is 12.4. The van der Waals surface area contributed by atoms with Crippen LogP contribution in [-0.4, -0.2) is 34.3 Å². The maximum atomic E-state index is 11.6. The van der Waals surface area contributed by atoms with Crippen LogP contribution in [0.4, 0.5) is 0 Å². The highest BCUT2D eigenvalue weighted by Gasteiger charge is 2.07. The van der Waals surface area contributed by atoms with Crippen molar-refractivity contribution >= 4 is 23.6 Å². The number of carbonyl (C=O) groups excluding carboxylic acids is 1. The van der Waals surface area contributed by atoms with Crippen LogP contribution in [0.2, 0.25) is 0 Å². The molecule has 0 saturated heterocycles. The largest absolute Gasteiger partial charge is 0.481 e. The van der Waals surface area contributed by atoms with Gasteiger partial charge < -0.3 is 10.4 Å². The van der Waals surface area contributed by atoms with Crippen molar-refractivity contribution in [3.05, 3.63) is 24.5 Å². The Balaban J connectivity index is 2.09. The van der Waals surface area contributed by atoms with Crippen LogP contribution < -0.4 is 5.32 Å². The third-order valence-corrected chi connectivity index (χ3v) is 3.84. The van der Waals surface area contributed by atoms with Crippen molar-refractivity contribution in [2.45, 2.75) is 31.1 Å². The van der Waals surface area contributed by atoms with Gasteiger partial charge in [-0.05, 0) is 30.9 Å². The molecular formula is C14H20N2O3S. The molecule has 0 bridgehead atoms. The molecule has 1 aromatic heterocycles. The van der Waals surface area contributed by atoms with Crippen molar-refractivity contribution in [2.24, 2.45) is 5.92 Å². The molecule has 5 nitrogen and oxygen atoms in total. The number of hydrogen-bond donors (Lipinski definition) is 2. The van der Waals surface area contributed by atoms with Gasteiger partial charge in [-0.15, -0.1) is 11.8 Å². The molecule has 1 rings (SSSR count). The lowest BCUT2D eigenvalue weighted by Gasteiger charge is -2.10. The second-order valence-corrected chi connectivity index (χ2v) is 5.70. The molecule has 0 aliphatic carbocycles. The molecule has 0 saturated carbocycles. The average molecular weight is 296 g/mol. The van der Waals surface area contributed by atoms with E-state index in [1.165, 1.54) is 11.8 Å². The van der Waals surface area contributed by atoms with E-state index in [-0.39, 0.29) is 12.3 Å². The third kappa shape index (κ3) is 7.78. The first-order valence-corrected chi connectivity index (χ1v) is 7.58. The maximum Gasteiger partial charge on any atom is 0.303 e. The number of nitrogens with zero attached hydrogens (tertiary/aromatic N) is 1. The van der Waals surface area contributed by atoms with E-state index in [0.717, 1.165) is 11.3 Å². The van der Waals surface area contributed by atoms with Crippen molar-refractivity contribution < 1.29 is 14.7 Å². The summed E-state index contributed by atoms with van der Waals surface area (Å²) in [6.45, 7) is 2.59. The fraction of sp³-hybridized carbons (Fsp3) is 0.500. The molecular weight excluding hydrogens is 276 g/mol. The summed E-state index contributed by atoms with van der Waals surface area (Å²) in [6.07, 6.45) is 5.04. The number of aromatic nitrogens is 1. The second-order valence-electron chi connectivity index (χ2n) is 4.65. The summed E-state index contributed by atoms with van der Waals surface area (Å²) in [5.74, 6) is -0.0841. The number of hydrogen-bond acceptors (Lipinski definition) is 4. The van der Waals surface area contributed by atoms with E-state index in [0.29, 0.717) is 24.6 Å². The summed E-state index contributed by atoms with van der Waals surface area (Å²) in [7, 11) is 0. The van der Waals surface area contributed by atoms with Crippen molar-refractivity contribution in [1.82, 2.24) is 10.3 Å². The number of rotatable bonds is 9. The lowest BCUT2D eigenvalue weighted by atomic mass is 10.0. The predicted octanol–water partition coefficient (Wildman–Crippen LogP) is 2.18. The van der Waals surface area contributed by atoms with Crippen LogP contribution in [0.5, 0.6) is 0 Å². The van der Waals surface area contributed by atoms with Crippen LogP contribution in [0.3, 0.4) is 0 Å². The van der Waals surface area contributed by atoms with Crippen molar-refractivity contribution in [1.29, 1.82) is 0 Å². The minimum absolute atomic E-state index is 0.00255. The zero-order chi connectivity index (χ0) is 14.8. The quantitative estimate of drug-likeness (QED) is 0.683. The Morgan fingerprint density at radius 1 is 1.35 bits per heavy atom. The van der Waals surface area contributed by atoms with Gasteiger partial charge >= 0.3 is 5.97 Å². The molecule has 1 aromatic rings. The van der Waals surface area contributed by atoms with E-state index >= 15 is 0 Å². The van der Waals surface area contributed by atoms with Crippen molar-refractivity contribution in [3.63, 3.8) is 0 Å². The molecule has 1 atom stereocenters. The summed E-state index contributed by atoms with van der Waals surface area (Å²) >= 11 is 1.47. The Kier molecular flexibility index (Phi) is 7.72. The Labute approximate surface area is 123 Å². The van der Waals surface area contributed by atoms with Gasteiger partial charge in [-0.3, -0.25) is 14.6 Å². The SMILES string of the molecule is CC(CCNC(=O)CSc1ccncc1)CCC(=O)O. The van der Waals surface area contributed by atoms with Crippen LogP contribution >= 0.6 is 11.8 Å². The van der Waals surface area contributed by atoms with E-state index in [2.05, 4.69) is 10.3 Å². The summed E-state index contributed by atoms with van der Waals surface area (Å²) < 4.78 is 0. The van der Waals surface area contributed by atoms with Crippen molar-refractivity contribution in [2.75, 3.05) is 12.3 Å². The van der Waals surface area contributed by atoms with Gasteiger partial charge in [0.25, 0.3) is 0 Å². The normalized spacial score (nSPS) is 11.8. The molecule has 1 heterocycles. The molecule has 6 heteroatoms. The van der Waals surface area contributed by atoms with E-state index in [4.69, 9.17) is 5.11 Å². The molecule has 0 radical (unpaired) electrons. The molecule has 0 fully saturated rings. The van der Waals surface area contributed by atoms with E-state index in [9.17, 15) is 9.59 Å². The maximum absolute atomic E-state index is 11.6. The standard InChI is InChI=1S/C14H20N2O3S/c1-11(2-3-14(18)19)4-9-16-13(17)10-20-12-5-7-15-8-6-12/h5-8,11H,2-4,9-10H2,1H3,(H,16,17)(H,18,19). The molecule has 2 N–H and O–H groups in total. The van der Waals surface area contributed by atoms with Gasteiger partial charge in [0, 0.05) is 30.3 Å². The van der Waals surface area contributed by atoms with Crippen molar-refractivity contribution in [3.8, 4) is 0 Å². The fourth-order valence-corrected chi connectivity index (χ4v) is 2.32. The Hall–Kier alpha value is -1.56. The van der Waals surface area contributed by atoms with Gasteiger partial charge in [0.05, 0.1) is 5.75 Å². The first kappa shape index (κ1) is 16.5. The second kappa shape index (κ2) is 9.36. The number of nitrogens with one attached hydrogen (secondary N) is 1. The first-order valence-electron chi connectivity index (χ1n) is 6.59. The monoisotopic (exact) mass is 296 g/mol. The number of amides is 1. The highest BCUT2D eigenvalue weighted by molar-refractivity contribution is 8.00. The molecule has 20 heavy (non-hydrogen) atoms. The number of carboxylic acid groups (broad SMARTS) is 1. The minimum atomic E-state index is -0.769. The predicted molar refractivity (Wildman–Crippen MR) is 78.6 cm³/mol. The third-order valence-electron chi connectivity index (χ3n) is 2.83. The summed E-state index contributed by atoms with van der Waals surface area (Å²) in [5, 5.41) is 11.4. The summed E-state index contributed by atoms with van der Waals surface area (Å²) in [6, 6.07) is 3.73. The average Bonchev–Trinajstić information content (AvgIpc) is 2.44. The van der Waals surface area contributed by atoms with E-state index < -0.39 is 5.97 Å². The smallest absolute Gasteiger partial charge is 0.303 e. The number of pyridine rings is 1. The van der Waals surface area contributed by atoms with Gasteiger partial charge in [0.2, 0.25) is 5.91 Å². The highest BCUT2D eigenvalue weighted by Crippen LogP contribution is 2.15. The molecule has 0 aromatic carbocycles. The van der Waals surface area contributed by atoms with Crippen LogP contribution in [0.15, 0.2) is 29.4 Å². The Morgan fingerprint density at radius 2 is 2.05 bits per heavy atom. The van der Waals surface area contributed by atoms with Gasteiger partial charge in [0.1, 0.15) is 0 Å². The summed E-state index contributed by atoms with van der Waals surface area (Å²) in [5.41, 5.74) is 0. The molecule has 1 amide bonds.